The number of benzene rings is 1. The van der Waals surface area contributed by atoms with Crippen LogP contribution >= 0.6 is 0 Å². The molecule has 0 aliphatic carbocycles. The summed E-state index contributed by atoms with van der Waals surface area (Å²) in [5.74, 6) is 0.124. The fraction of sp³-hybridized carbons (Fsp3) is 0.533. The lowest BCUT2D eigenvalue weighted by atomic mass is 10.1. The first-order chi connectivity index (χ1) is 9.88. The summed E-state index contributed by atoms with van der Waals surface area (Å²) < 4.78 is 38.6. The number of nitrogens with zero attached hydrogens (tertiary/aromatic N) is 1. The Labute approximate surface area is 122 Å². The van der Waals surface area contributed by atoms with E-state index in [4.69, 9.17) is 0 Å². The number of halogens is 3. The van der Waals surface area contributed by atoms with E-state index in [-0.39, 0.29) is 24.1 Å². The van der Waals surface area contributed by atoms with E-state index in [0.29, 0.717) is 13.0 Å². The van der Waals surface area contributed by atoms with Crippen molar-refractivity contribution >= 4 is 5.91 Å². The lowest BCUT2D eigenvalue weighted by molar-refractivity contribution is -0.138. The van der Waals surface area contributed by atoms with Gasteiger partial charge in [0.05, 0.1) is 5.56 Å². The highest BCUT2D eigenvalue weighted by Gasteiger charge is 2.32. The molecule has 21 heavy (non-hydrogen) atoms. The molecule has 1 atom stereocenters. The SMILES string of the molecule is CC(CN1CCCC1=O)NCc1ccccc1C(F)(F)F. The fourth-order valence-corrected chi connectivity index (χ4v) is 2.53. The van der Waals surface area contributed by atoms with Gasteiger partial charge in [-0.1, -0.05) is 18.2 Å². The van der Waals surface area contributed by atoms with Crippen LogP contribution in [0.15, 0.2) is 24.3 Å². The zero-order valence-corrected chi connectivity index (χ0v) is 11.9. The van der Waals surface area contributed by atoms with Crippen molar-refractivity contribution in [2.75, 3.05) is 13.1 Å². The molecule has 2 rings (SSSR count). The first-order valence-corrected chi connectivity index (χ1v) is 7.04. The lowest BCUT2D eigenvalue weighted by Gasteiger charge is -2.22. The standard InChI is InChI=1S/C15H19F3N2O/c1-11(10-20-8-4-7-14(20)21)19-9-12-5-2-3-6-13(12)15(16,17)18/h2-3,5-6,11,19H,4,7-10H2,1H3. The Hall–Kier alpha value is -1.56. The van der Waals surface area contributed by atoms with Gasteiger partial charge in [0.25, 0.3) is 0 Å². The van der Waals surface area contributed by atoms with Crippen molar-refractivity contribution < 1.29 is 18.0 Å². The van der Waals surface area contributed by atoms with Crippen molar-refractivity contribution in [3.05, 3.63) is 35.4 Å². The summed E-state index contributed by atoms with van der Waals surface area (Å²) in [6, 6.07) is 5.50. The van der Waals surface area contributed by atoms with Crippen LogP contribution in [0.4, 0.5) is 13.2 Å². The third-order valence-electron chi connectivity index (χ3n) is 3.63. The smallest absolute Gasteiger partial charge is 0.341 e. The highest BCUT2D eigenvalue weighted by molar-refractivity contribution is 5.78. The van der Waals surface area contributed by atoms with Crippen molar-refractivity contribution in [3.8, 4) is 0 Å². The first-order valence-electron chi connectivity index (χ1n) is 7.04. The summed E-state index contributed by atoms with van der Waals surface area (Å²) in [4.78, 5) is 13.3. The maximum absolute atomic E-state index is 12.9. The average Bonchev–Trinajstić information content (AvgIpc) is 2.81. The number of likely N-dealkylation sites (tertiary alicyclic amines) is 1. The van der Waals surface area contributed by atoms with Crippen LogP contribution in [0.2, 0.25) is 0 Å². The normalized spacial score (nSPS) is 17.3. The number of hydrogen-bond acceptors (Lipinski definition) is 2. The molecule has 1 aromatic carbocycles. The third kappa shape index (κ3) is 4.20. The summed E-state index contributed by atoms with van der Waals surface area (Å²) in [7, 11) is 0. The van der Waals surface area contributed by atoms with E-state index in [2.05, 4.69) is 5.32 Å². The fourth-order valence-electron chi connectivity index (χ4n) is 2.53. The molecule has 0 spiro atoms. The quantitative estimate of drug-likeness (QED) is 0.907. The minimum absolute atomic E-state index is 0.0478. The molecule has 1 amide bonds. The van der Waals surface area contributed by atoms with Crippen molar-refractivity contribution in [2.45, 2.75) is 38.5 Å². The Morgan fingerprint density at radius 3 is 2.67 bits per heavy atom. The molecule has 1 aromatic rings. The van der Waals surface area contributed by atoms with Gasteiger partial charge in [0, 0.05) is 32.1 Å². The van der Waals surface area contributed by atoms with Crippen LogP contribution in [-0.4, -0.2) is 29.9 Å². The number of carbonyl (C=O) groups is 1. The minimum Gasteiger partial charge on any atom is -0.341 e. The maximum Gasteiger partial charge on any atom is 0.416 e. The van der Waals surface area contributed by atoms with Crippen molar-refractivity contribution in [2.24, 2.45) is 0 Å². The Morgan fingerprint density at radius 2 is 2.05 bits per heavy atom. The molecule has 3 nitrogen and oxygen atoms in total. The zero-order chi connectivity index (χ0) is 15.5. The number of hydrogen-bond donors (Lipinski definition) is 1. The van der Waals surface area contributed by atoms with Gasteiger partial charge in [-0.15, -0.1) is 0 Å². The maximum atomic E-state index is 12.9. The molecule has 1 N–H and O–H groups in total. The van der Waals surface area contributed by atoms with E-state index < -0.39 is 11.7 Å². The van der Waals surface area contributed by atoms with E-state index >= 15 is 0 Å². The number of rotatable bonds is 5. The van der Waals surface area contributed by atoms with Crippen LogP contribution in [0.1, 0.15) is 30.9 Å². The predicted octanol–water partition coefficient (Wildman–Crippen LogP) is 2.81. The Kier molecular flexibility index (Phi) is 4.88. The second-order valence-corrected chi connectivity index (χ2v) is 5.38. The highest BCUT2D eigenvalue weighted by Crippen LogP contribution is 2.31. The number of alkyl halides is 3. The van der Waals surface area contributed by atoms with Gasteiger partial charge in [-0.25, -0.2) is 0 Å². The molecule has 1 unspecified atom stereocenters. The Bertz CT molecular complexity index is 502. The highest BCUT2D eigenvalue weighted by atomic mass is 19.4. The Balaban J connectivity index is 1.92. The number of nitrogens with one attached hydrogen (secondary N) is 1. The van der Waals surface area contributed by atoms with Crippen LogP contribution < -0.4 is 5.32 Å². The van der Waals surface area contributed by atoms with Gasteiger partial charge in [-0.3, -0.25) is 4.79 Å². The molecular formula is C15H19F3N2O. The van der Waals surface area contributed by atoms with Crippen molar-refractivity contribution in [1.82, 2.24) is 10.2 Å². The van der Waals surface area contributed by atoms with Gasteiger partial charge in [0.2, 0.25) is 5.91 Å². The second kappa shape index (κ2) is 6.47. The summed E-state index contributed by atoms with van der Waals surface area (Å²) in [5, 5.41) is 3.06. The molecule has 1 saturated heterocycles. The summed E-state index contributed by atoms with van der Waals surface area (Å²) in [6.07, 6.45) is -2.90. The van der Waals surface area contributed by atoms with Gasteiger partial charge in [0.1, 0.15) is 0 Å². The van der Waals surface area contributed by atoms with Gasteiger partial charge in [-0.05, 0) is 25.0 Å². The molecule has 0 aromatic heterocycles. The van der Waals surface area contributed by atoms with E-state index in [1.54, 1.807) is 11.0 Å². The molecule has 6 heteroatoms. The molecule has 0 bridgehead atoms. The van der Waals surface area contributed by atoms with Crippen LogP contribution in [-0.2, 0) is 17.5 Å². The van der Waals surface area contributed by atoms with E-state index in [9.17, 15) is 18.0 Å². The lowest BCUT2D eigenvalue weighted by Crippen LogP contribution is -2.39. The van der Waals surface area contributed by atoms with Crippen LogP contribution in [0, 0.1) is 0 Å². The topological polar surface area (TPSA) is 32.3 Å². The molecule has 0 radical (unpaired) electrons. The summed E-state index contributed by atoms with van der Waals surface area (Å²) in [5.41, 5.74) is -0.383. The van der Waals surface area contributed by atoms with E-state index in [1.807, 2.05) is 6.92 Å². The van der Waals surface area contributed by atoms with E-state index in [0.717, 1.165) is 19.0 Å². The largest absolute Gasteiger partial charge is 0.416 e. The first kappa shape index (κ1) is 15.8. The van der Waals surface area contributed by atoms with E-state index in [1.165, 1.54) is 12.1 Å². The summed E-state index contributed by atoms with van der Waals surface area (Å²) in [6.45, 7) is 3.29. The van der Waals surface area contributed by atoms with Gasteiger partial charge < -0.3 is 10.2 Å². The molecule has 0 saturated carbocycles. The van der Waals surface area contributed by atoms with Crippen molar-refractivity contribution in [3.63, 3.8) is 0 Å². The monoisotopic (exact) mass is 300 g/mol. The van der Waals surface area contributed by atoms with Gasteiger partial charge in [-0.2, -0.15) is 13.2 Å². The molecule has 1 fully saturated rings. The number of carbonyl (C=O) groups excluding carboxylic acids is 1. The molecule has 1 heterocycles. The number of amides is 1. The zero-order valence-electron chi connectivity index (χ0n) is 11.9. The summed E-state index contributed by atoms with van der Waals surface area (Å²) >= 11 is 0. The third-order valence-corrected chi connectivity index (χ3v) is 3.63. The van der Waals surface area contributed by atoms with Gasteiger partial charge >= 0.3 is 6.18 Å². The van der Waals surface area contributed by atoms with Crippen LogP contribution in [0.25, 0.3) is 0 Å². The molecule has 1 aliphatic rings. The minimum atomic E-state index is -4.34. The molecular weight excluding hydrogens is 281 g/mol. The second-order valence-electron chi connectivity index (χ2n) is 5.38. The van der Waals surface area contributed by atoms with Crippen LogP contribution in [0.5, 0.6) is 0 Å². The van der Waals surface area contributed by atoms with Crippen LogP contribution in [0.3, 0.4) is 0 Å². The predicted molar refractivity (Wildman–Crippen MR) is 73.6 cm³/mol. The Morgan fingerprint density at radius 1 is 1.33 bits per heavy atom. The molecule has 1 aliphatic heterocycles. The molecule has 116 valence electrons. The van der Waals surface area contributed by atoms with Crippen molar-refractivity contribution in [1.29, 1.82) is 0 Å². The van der Waals surface area contributed by atoms with Gasteiger partial charge in [0.15, 0.2) is 0 Å². The average molecular weight is 300 g/mol.